The lowest BCUT2D eigenvalue weighted by molar-refractivity contribution is -0.131. The molecule has 1 fully saturated rings. The first-order chi connectivity index (χ1) is 12.6. The van der Waals surface area contributed by atoms with Gasteiger partial charge in [-0.05, 0) is 36.6 Å². The molecule has 1 aliphatic heterocycles. The smallest absolute Gasteiger partial charge is 0.293 e. The molecule has 1 amide bonds. The number of carbonyl (C=O) groups excluding carboxylic acids is 1. The molecule has 0 aliphatic carbocycles. The summed E-state index contributed by atoms with van der Waals surface area (Å²) in [6.45, 7) is 2.68. The highest BCUT2D eigenvalue weighted by Crippen LogP contribution is 2.23. The maximum absolute atomic E-state index is 12.5. The SMILES string of the molecule is COc1cccn(CC(=O)N(C)CC2CCN(c3ccccc3)C2)c1=O. The number of carbonyl (C=O) groups is 1. The van der Waals surface area contributed by atoms with Gasteiger partial charge in [0, 0.05) is 38.6 Å². The van der Waals surface area contributed by atoms with Gasteiger partial charge in [-0.2, -0.15) is 0 Å². The first-order valence-electron chi connectivity index (χ1n) is 8.86. The molecule has 1 aliphatic rings. The topological polar surface area (TPSA) is 54.8 Å². The second kappa shape index (κ2) is 8.08. The van der Waals surface area contributed by atoms with Crippen LogP contribution in [0.3, 0.4) is 0 Å². The Kier molecular flexibility index (Phi) is 5.61. The highest BCUT2D eigenvalue weighted by molar-refractivity contribution is 5.75. The Morgan fingerprint density at radius 2 is 2.00 bits per heavy atom. The second-order valence-corrected chi connectivity index (χ2v) is 6.72. The largest absolute Gasteiger partial charge is 0.491 e. The van der Waals surface area contributed by atoms with Gasteiger partial charge in [0.05, 0.1) is 7.11 Å². The van der Waals surface area contributed by atoms with Gasteiger partial charge in [0.25, 0.3) is 5.56 Å². The molecule has 0 saturated carbocycles. The van der Waals surface area contributed by atoms with E-state index in [4.69, 9.17) is 4.74 Å². The summed E-state index contributed by atoms with van der Waals surface area (Å²) in [6, 6.07) is 13.7. The summed E-state index contributed by atoms with van der Waals surface area (Å²) in [6.07, 6.45) is 2.68. The number of aromatic nitrogens is 1. The van der Waals surface area contributed by atoms with Crippen molar-refractivity contribution in [2.24, 2.45) is 5.92 Å². The predicted molar refractivity (Wildman–Crippen MR) is 102 cm³/mol. The van der Waals surface area contributed by atoms with Crippen LogP contribution in [0.2, 0.25) is 0 Å². The molecule has 1 unspecified atom stereocenters. The van der Waals surface area contributed by atoms with Crippen LogP contribution in [0.5, 0.6) is 5.75 Å². The Morgan fingerprint density at radius 3 is 2.73 bits per heavy atom. The molecule has 0 bridgehead atoms. The molecule has 138 valence electrons. The van der Waals surface area contributed by atoms with Gasteiger partial charge < -0.3 is 19.1 Å². The van der Waals surface area contributed by atoms with Crippen molar-refractivity contribution in [2.75, 3.05) is 38.7 Å². The van der Waals surface area contributed by atoms with E-state index in [0.717, 1.165) is 19.5 Å². The molecule has 3 rings (SSSR count). The highest BCUT2D eigenvalue weighted by Gasteiger charge is 2.25. The van der Waals surface area contributed by atoms with Crippen LogP contribution in [-0.2, 0) is 11.3 Å². The minimum atomic E-state index is -0.284. The molecule has 2 aromatic rings. The van der Waals surface area contributed by atoms with Crippen LogP contribution in [0.25, 0.3) is 0 Å². The number of benzene rings is 1. The van der Waals surface area contributed by atoms with Crippen molar-refractivity contribution >= 4 is 11.6 Å². The van der Waals surface area contributed by atoms with E-state index < -0.39 is 0 Å². The quantitative estimate of drug-likeness (QED) is 0.793. The number of anilines is 1. The fourth-order valence-corrected chi connectivity index (χ4v) is 3.41. The number of rotatable bonds is 6. The van der Waals surface area contributed by atoms with E-state index in [-0.39, 0.29) is 23.8 Å². The Bertz CT molecular complexity index is 803. The maximum atomic E-state index is 12.5. The zero-order chi connectivity index (χ0) is 18.5. The fraction of sp³-hybridized carbons (Fsp3) is 0.400. The Morgan fingerprint density at radius 1 is 1.23 bits per heavy atom. The number of hydrogen-bond acceptors (Lipinski definition) is 4. The van der Waals surface area contributed by atoms with Crippen LogP contribution in [0.4, 0.5) is 5.69 Å². The lowest BCUT2D eigenvalue weighted by atomic mass is 10.1. The first-order valence-corrected chi connectivity index (χ1v) is 8.86. The van der Waals surface area contributed by atoms with Crippen LogP contribution >= 0.6 is 0 Å². The number of pyridine rings is 1. The van der Waals surface area contributed by atoms with Gasteiger partial charge in [-0.15, -0.1) is 0 Å². The van der Waals surface area contributed by atoms with Crippen molar-refractivity contribution in [1.29, 1.82) is 0 Å². The number of para-hydroxylation sites is 1. The molecule has 1 aromatic heterocycles. The number of ether oxygens (including phenoxy) is 1. The van der Waals surface area contributed by atoms with Gasteiger partial charge in [0.2, 0.25) is 5.91 Å². The van der Waals surface area contributed by atoms with E-state index in [1.807, 2.05) is 18.2 Å². The molecule has 0 spiro atoms. The van der Waals surface area contributed by atoms with Crippen molar-refractivity contribution in [3.8, 4) is 5.75 Å². The summed E-state index contributed by atoms with van der Waals surface area (Å²) >= 11 is 0. The highest BCUT2D eigenvalue weighted by atomic mass is 16.5. The molecule has 1 aromatic carbocycles. The van der Waals surface area contributed by atoms with Crippen molar-refractivity contribution in [2.45, 2.75) is 13.0 Å². The van der Waals surface area contributed by atoms with E-state index in [2.05, 4.69) is 17.0 Å². The van der Waals surface area contributed by atoms with Gasteiger partial charge >= 0.3 is 0 Å². The number of likely N-dealkylation sites (N-methyl/N-ethyl adjacent to an activating group) is 1. The average molecular weight is 355 g/mol. The van der Waals surface area contributed by atoms with Crippen LogP contribution in [0, 0.1) is 5.92 Å². The third kappa shape index (κ3) is 4.07. The Hall–Kier alpha value is -2.76. The van der Waals surface area contributed by atoms with E-state index in [9.17, 15) is 9.59 Å². The standard InChI is InChI=1S/C20H25N3O3/c1-21(19(24)15-23-11-6-9-18(26-2)20(23)25)13-16-10-12-22(14-16)17-7-4-3-5-8-17/h3-9,11,16H,10,12-15H2,1-2H3. The molecule has 1 atom stereocenters. The molecular formula is C20H25N3O3. The molecule has 0 radical (unpaired) electrons. The Balaban J connectivity index is 1.56. The van der Waals surface area contributed by atoms with E-state index in [0.29, 0.717) is 12.5 Å². The first kappa shape index (κ1) is 18.0. The van der Waals surface area contributed by atoms with Crippen molar-refractivity contribution < 1.29 is 9.53 Å². The van der Waals surface area contributed by atoms with E-state index in [1.54, 1.807) is 30.3 Å². The fourth-order valence-electron chi connectivity index (χ4n) is 3.41. The monoisotopic (exact) mass is 355 g/mol. The van der Waals surface area contributed by atoms with Crippen LogP contribution in [0.15, 0.2) is 53.5 Å². The van der Waals surface area contributed by atoms with Gasteiger partial charge in [0.1, 0.15) is 6.54 Å². The minimum Gasteiger partial charge on any atom is -0.491 e. The summed E-state index contributed by atoms with van der Waals surface area (Å²) in [5, 5.41) is 0. The maximum Gasteiger partial charge on any atom is 0.293 e. The number of hydrogen-bond donors (Lipinski definition) is 0. The van der Waals surface area contributed by atoms with Gasteiger partial charge in [-0.25, -0.2) is 0 Å². The summed E-state index contributed by atoms with van der Waals surface area (Å²) in [5.41, 5.74) is 0.944. The van der Waals surface area contributed by atoms with Gasteiger partial charge in [-0.3, -0.25) is 9.59 Å². The van der Waals surface area contributed by atoms with E-state index >= 15 is 0 Å². The Labute approximate surface area is 153 Å². The van der Waals surface area contributed by atoms with Crippen LogP contribution in [0.1, 0.15) is 6.42 Å². The molecule has 1 saturated heterocycles. The van der Waals surface area contributed by atoms with Gasteiger partial charge in [-0.1, -0.05) is 18.2 Å². The predicted octanol–water partition coefficient (Wildman–Crippen LogP) is 1.84. The zero-order valence-electron chi connectivity index (χ0n) is 15.3. The summed E-state index contributed by atoms with van der Waals surface area (Å²) in [7, 11) is 3.26. The molecule has 0 N–H and O–H groups in total. The number of nitrogens with zero attached hydrogens (tertiary/aromatic N) is 3. The normalized spacial score (nSPS) is 16.5. The lowest BCUT2D eigenvalue weighted by Gasteiger charge is -2.23. The summed E-state index contributed by atoms with van der Waals surface area (Å²) in [4.78, 5) is 28.8. The number of amides is 1. The molecule has 26 heavy (non-hydrogen) atoms. The van der Waals surface area contributed by atoms with Crippen LogP contribution < -0.4 is 15.2 Å². The zero-order valence-corrected chi connectivity index (χ0v) is 15.3. The van der Waals surface area contributed by atoms with Crippen molar-refractivity contribution in [1.82, 2.24) is 9.47 Å². The second-order valence-electron chi connectivity index (χ2n) is 6.72. The van der Waals surface area contributed by atoms with Crippen LogP contribution in [-0.4, -0.2) is 49.2 Å². The molecule has 6 nitrogen and oxygen atoms in total. The molecular weight excluding hydrogens is 330 g/mol. The average Bonchev–Trinajstić information content (AvgIpc) is 3.12. The summed E-state index contributed by atoms with van der Waals surface area (Å²) < 4.78 is 6.42. The number of methoxy groups -OCH3 is 1. The molecule has 6 heteroatoms. The van der Waals surface area contributed by atoms with Crippen molar-refractivity contribution in [3.05, 3.63) is 59.0 Å². The third-order valence-electron chi connectivity index (χ3n) is 4.88. The minimum absolute atomic E-state index is 0.0294. The molecule has 2 heterocycles. The summed E-state index contributed by atoms with van der Waals surface area (Å²) in [5.74, 6) is 0.613. The lowest BCUT2D eigenvalue weighted by Crippen LogP contribution is -2.37. The third-order valence-corrected chi connectivity index (χ3v) is 4.88. The van der Waals surface area contributed by atoms with Gasteiger partial charge in [0.15, 0.2) is 5.75 Å². The van der Waals surface area contributed by atoms with E-state index in [1.165, 1.54) is 17.4 Å². The van der Waals surface area contributed by atoms with Crippen molar-refractivity contribution in [3.63, 3.8) is 0 Å².